The molecule has 0 bridgehead atoms. The van der Waals surface area contributed by atoms with Gasteiger partial charge in [0.1, 0.15) is 24.8 Å². The molecule has 0 spiro atoms. The largest absolute Gasteiger partial charge is 0.747 e. The molecular formula is C3H6O6S2-2. The van der Waals surface area contributed by atoms with Crippen molar-refractivity contribution in [1.82, 2.24) is 0 Å². The van der Waals surface area contributed by atoms with Crippen LogP contribution in [0.5, 0.6) is 0 Å². The molecule has 6 nitrogen and oxygen atoms in total. The van der Waals surface area contributed by atoms with Gasteiger partial charge in [0.05, 0.1) is 0 Å². The highest BCUT2D eigenvalue weighted by Crippen LogP contribution is 2.09. The molecule has 0 N–H and O–H groups in total. The van der Waals surface area contributed by atoms with Crippen molar-refractivity contribution in [2.24, 2.45) is 0 Å². The number of rotatable bonds is 3. The molecule has 0 amide bonds. The summed E-state index contributed by atoms with van der Waals surface area (Å²) in [6.45, 7) is 1.13. The van der Waals surface area contributed by atoms with E-state index in [4.69, 9.17) is 0 Å². The van der Waals surface area contributed by atoms with Gasteiger partial charge in [-0.1, -0.05) is 6.92 Å². The Kier molecular flexibility index (Phi) is 3.00. The van der Waals surface area contributed by atoms with Crippen molar-refractivity contribution >= 4 is 20.2 Å². The first-order chi connectivity index (χ1) is 4.69. The summed E-state index contributed by atoms with van der Waals surface area (Å²) in [6, 6.07) is 0. The van der Waals surface area contributed by atoms with Gasteiger partial charge >= 0.3 is 0 Å². The molecule has 0 unspecified atom stereocenters. The van der Waals surface area contributed by atoms with Gasteiger partial charge in [-0.25, -0.2) is 16.8 Å². The summed E-state index contributed by atoms with van der Waals surface area (Å²) in [7, 11) is -10.0. The second-order valence-corrected chi connectivity index (χ2v) is 5.23. The van der Waals surface area contributed by atoms with E-state index in [-0.39, 0.29) is 0 Å². The van der Waals surface area contributed by atoms with E-state index in [0.29, 0.717) is 0 Å². The predicted octanol–water partition coefficient (Wildman–Crippen LogP) is -1.19. The third-order valence-corrected chi connectivity index (χ3v) is 4.35. The molecule has 0 fully saturated rings. The first-order valence-corrected chi connectivity index (χ1v) is 5.53. The lowest BCUT2D eigenvalue weighted by Gasteiger charge is -2.21. The molecule has 0 aromatic rings. The van der Waals surface area contributed by atoms with Crippen molar-refractivity contribution in [3.63, 3.8) is 0 Å². The van der Waals surface area contributed by atoms with Gasteiger partial charge in [-0.05, 0) is 6.42 Å². The standard InChI is InChI=1S/C3H8O6S2/c1-2-3(10(4,5)6)11(7,8)9/h3H,2H2,1H3,(H,4,5,6)(H,7,8,9)/p-2. The second-order valence-electron chi connectivity index (χ2n) is 1.82. The van der Waals surface area contributed by atoms with Crippen molar-refractivity contribution in [1.29, 1.82) is 0 Å². The Morgan fingerprint density at radius 2 is 1.36 bits per heavy atom. The van der Waals surface area contributed by atoms with Gasteiger partial charge in [-0.15, -0.1) is 0 Å². The molecule has 0 aliphatic carbocycles. The van der Waals surface area contributed by atoms with Crippen molar-refractivity contribution in [2.75, 3.05) is 0 Å². The van der Waals surface area contributed by atoms with Gasteiger partial charge in [-0.3, -0.25) is 0 Å². The van der Waals surface area contributed by atoms with E-state index in [9.17, 15) is 25.9 Å². The molecule has 68 valence electrons. The van der Waals surface area contributed by atoms with Crippen LogP contribution in [0.1, 0.15) is 13.3 Å². The molecule has 8 heteroatoms. The average molecular weight is 202 g/mol. The van der Waals surface area contributed by atoms with Gasteiger partial charge in [0.15, 0.2) is 0 Å². The molecule has 0 rings (SSSR count). The van der Waals surface area contributed by atoms with Crippen molar-refractivity contribution < 1.29 is 25.9 Å². The lowest BCUT2D eigenvalue weighted by molar-refractivity contribution is 0.433. The zero-order valence-corrected chi connectivity index (χ0v) is 7.18. The monoisotopic (exact) mass is 202 g/mol. The molecule has 0 radical (unpaired) electrons. The quantitative estimate of drug-likeness (QED) is 0.531. The Morgan fingerprint density at radius 3 is 1.36 bits per heavy atom. The SMILES string of the molecule is CCC(S(=O)(=O)[O-])S(=O)(=O)[O-]. The van der Waals surface area contributed by atoms with Crippen LogP contribution >= 0.6 is 0 Å². The molecule has 0 atom stereocenters. The molecule has 0 aromatic heterocycles. The first kappa shape index (κ1) is 10.8. The van der Waals surface area contributed by atoms with Crippen molar-refractivity contribution in [2.45, 2.75) is 17.9 Å². The van der Waals surface area contributed by atoms with Gasteiger partial charge in [0.25, 0.3) is 0 Å². The van der Waals surface area contributed by atoms with E-state index in [0.717, 1.165) is 6.92 Å². The van der Waals surface area contributed by atoms with Gasteiger partial charge < -0.3 is 9.11 Å². The van der Waals surface area contributed by atoms with Crippen LogP contribution in [-0.4, -0.2) is 30.5 Å². The highest BCUT2D eigenvalue weighted by Gasteiger charge is 2.20. The molecule has 0 saturated heterocycles. The van der Waals surface area contributed by atoms with Crippen molar-refractivity contribution in [3.05, 3.63) is 0 Å². The van der Waals surface area contributed by atoms with Gasteiger partial charge in [0, 0.05) is 0 Å². The summed E-state index contributed by atoms with van der Waals surface area (Å²) >= 11 is 0. The van der Waals surface area contributed by atoms with Crippen LogP contribution in [0.25, 0.3) is 0 Å². The van der Waals surface area contributed by atoms with E-state index in [1.807, 2.05) is 0 Å². The van der Waals surface area contributed by atoms with Crippen LogP contribution in [0.2, 0.25) is 0 Å². The van der Waals surface area contributed by atoms with E-state index in [2.05, 4.69) is 0 Å². The van der Waals surface area contributed by atoms with E-state index in [1.54, 1.807) is 0 Å². The minimum absolute atomic E-state index is 0.516. The fourth-order valence-electron chi connectivity index (χ4n) is 0.553. The first-order valence-electron chi connectivity index (χ1n) is 2.59. The van der Waals surface area contributed by atoms with Gasteiger partial charge in [0.2, 0.25) is 0 Å². The van der Waals surface area contributed by atoms with Crippen LogP contribution in [0.15, 0.2) is 0 Å². The van der Waals surface area contributed by atoms with E-state index in [1.165, 1.54) is 0 Å². The summed E-state index contributed by atoms with van der Waals surface area (Å²) in [6.07, 6.45) is -0.516. The number of hydrogen-bond donors (Lipinski definition) is 0. The minimum atomic E-state index is -5.02. The lowest BCUT2D eigenvalue weighted by Crippen LogP contribution is -2.29. The maximum atomic E-state index is 10.1. The molecular weight excluding hydrogens is 196 g/mol. The van der Waals surface area contributed by atoms with Gasteiger partial charge in [-0.2, -0.15) is 0 Å². The van der Waals surface area contributed by atoms with Crippen molar-refractivity contribution in [3.8, 4) is 0 Å². The maximum absolute atomic E-state index is 10.1. The summed E-state index contributed by atoms with van der Waals surface area (Å²) in [5, 5.41) is 0. The minimum Gasteiger partial charge on any atom is -0.747 e. The Bertz CT molecular complexity index is 278. The topological polar surface area (TPSA) is 114 Å². The van der Waals surface area contributed by atoms with E-state index < -0.39 is 31.2 Å². The summed E-state index contributed by atoms with van der Waals surface area (Å²) in [4.78, 5) is 0. The van der Waals surface area contributed by atoms with Crippen LogP contribution in [0.3, 0.4) is 0 Å². The molecule has 0 aliphatic heterocycles. The summed E-state index contributed by atoms with van der Waals surface area (Å²) < 4.78 is 58.1. The fourth-order valence-corrected chi connectivity index (χ4v) is 2.52. The fraction of sp³-hybridized carbons (Fsp3) is 1.00. The Balaban J connectivity index is 5.05. The summed E-state index contributed by atoms with van der Waals surface area (Å²) in [5.74, 6) is 0. The third-order valence-electron chi connectivity index (χ3n) is 0.977. The van der Waals surface area contributed by atoms with Crippen LogP contribution < -0.4 is 0 Å². The lowest BCUT2D eigenvalue weighted by atomic mass is 10.6. The second kappa shape index (κ2) is 3.05. The average Bonchev–Trinajstić information content (AvgIpc) is 1.56. The summed E-state index contributed by atoms with van der Waals surface area (Å²) in [5.41, 5.74) is 0. The molecule has 0 heterocycles. The zero-order valence-electron chi connectivity index (χ0n) is 5.55. The molecule has 11 heavy (non-hydrogen) atoms. The normalized spacial score (nSPS) is 13.8. The molecule has 0 aromatic carbocycles. The van der Waals surface area contributed by atoms with Crippen LogP contribution in [0, 0.1) is 0 Å². The highest BCUT2D eigenvalue weighted by molar-refractivity contribution is 8.03. The highest BCUT2D eigenvalue weighted by atomic mass is 32.3. The molecule has 0 saturated carbocycles. The van der Waals surface area contributed by atoms with Crippen LogP contribution in [-0.2, 0) is 20.2 Å². The Hall–Kier alpha value is -0.180. The number of hydrogen-bond acceptors (Lipinski definition) is 6. The zero-order chi connectivity index (χ0) is 9.28. The molecule has 0 aliphatic rings. The van der Waals surface area contributed by atoms with Crippen LogP contribution in [0.4, 0.5) is 0 Å². The maximum Gasteiger partial charge on any atom is 0.139 e. The predicted molar refractivity (Wildman–Crippen MR) is 33.5 cm³/mol. The smallest absolute Gasteiger partial charge is 0.139 e. The third kappa shape index (κ3) is 3.14. The Morgan fingerprint density at radius 1 is 1.09 bits per heavy atom. The Labute approximate surface area is 64.7 Å². The van der Waals surface area contributed by atoms with E-state index >= 15 is 0 Å².